The van der Waals surface area contributed by atoms with Gasteiger partial charge in [-0.1, -0.05) is 12.1 Å². The van der Waals surface area contributed by atoms with Crippen LogP contribution in [0.1, 0.15) is 57.2 Å². The second-order valence-electron chi connectivity index (χ2n) is 10.2. The highest BCUT2D eigenvalue weighted by Gasteiger charge is 2.60. The van der Waals surface area contributed by atoms with Crippen molar-refractivity contribution in [3.63, 3.8) is 0 Å². The topological polar surface area (TPSA) is 88.3 Å². The van der Waals surface area contributed by atoms with Crippen LogP contribution in [0.15, 0.2) is 24.3 Å². The van der Waals surface area contributed by atoms with Crippen LogP contribution in [-0.4, -0.2) is 31.7 Å². The van der Waals surface area contributed by atoms with Gasteiger partial charge >= 0.3 is 5.97 Å². The Bertz CT molecular complexity index is 1090. The van der Waals surface area contributed by atoms with Crippen LogP contribution < -0.4 is 4.90 Å². The summed E-state index contributed by atoms with van der Waals surface area (Å²) in [5.74, 6) is 2.47. The van der Waals surface area contributed by atoms with Crippen LogP contribution in [0.4, 0.5) is 5.69 Å². The maximum atomic E-state index is 12.8. The number of amides is 1. The minimum Gasteiger partial charge on any atom is -0.478 e. The zero-order chi connectivity index (χ0) is 20.3. The number of hydrogen-bond acceptors (Lipinski definition) is 4. The van der Waals surface area contributed by atoms with Gasteiger partial charge in [-0.05, 0) is 68.4 Å². The number of carboxylic acid groups (broad SMARTS) is 1. The predicted octanol–water partition coefficient (Wildman–Crippen LogP) is 3.29. The van der Waals surface area contributed by atoms with Crippen molar-refractivity contribution >= 4 is 17.6 Å². The molecule has 8 rings (SSSR count). The van der Waals surface area contributed by atoms with Crippen molar-refractivity contribution in [1.82, 2.24) is 14.8 Å². The van der Waals surface area contributed by atoms with E-state index in [0.717, 1.165) is 48.4 Å². The van der Waals surface area contributed by atoms with Crippen LogP contribution in [-0.2, 0) is 20.7 Å². The van der Waals surface area contributed by atoms with Crippen LogP contribution in [0, 0.1) is 17.8 Å². The van der Waals surface area contributed by atoms with Gasteiger partial charge in [-0.2, -0.15) is 5.10 Å². The molecule has 4 saturated carbocycles. The molecule has 154 valence electrons. The minimum atomic E-state index is -1.51. The van der Waals surface area contributed by atoms with Crippen LogP contribution >= 0.6 is 0 Å². The first-order valence-electron chi connectivity index (χ1n) is 11.1. The van der Waals surface area contributed by atoms with Gasteiger partial charge < -0.3 is 5.11 Å². The summed E-state index contributed by atoms with van der Waals surface area (Å²) in [5.41, 5.74) is -0.0948. The Labute approximate surface area is 174 Å². The van der Waals surface area contributed by atoms with Crippen molar-refractivity contribution in [1.29, 1.82) is 0 Å². The van der Waals surface area contributed by atoms with Crippen LogP contribution in [0.5, 0.6) is 0 Å². The number of para-hydroxylation sites is 1. The first-order valence-corrected chi connectivity index (χ1v) is 11.1. The molecule has 5 fully saturated rings. The molecule has 4 bridgehead atoms. The molecule has 30 heavy (non-hydrogen) atoms. The Hall–Kier alpha value is -2.70. The lowest BCUT2D eigenvalue weighted by Gasteiger charge is -2.55. The lowest BCUT2D eigenvalue weighted by Crippen LogP contribution is -2.56. The largest absolute Gasteiger partial charge is 0.478 e. The van der Waals surface area contributed by atoms with E-state index in [1.165, 1.54) is 24.2 Å². The van der Waals surface area contributed by atoms with E-state index >= 15 is 0 Å². The molecule has 1 N–H and O–H groups in total. The standard InChI is InChI=1S/C23H24N4O3/c28-18-5-6-23(21(29)30)26(18)17-4-2-1-3-16(17)19-24-20(25-27(19)23)22-10-13-7-14(11-22)9-15(8-13)12-22/h1-4,13-15H,5-12H2,(H,29,30). The molecule has 1 unspecified atom stereocenters. The molecular weight excluding hydrogens is 380 g/mol. The van der Waals surface area contributed by atoms with E-state index in [0.29, 0.717) is 11.5 Å². The molecule has 3 heterocycles. The zero-order valence-corrected chi connectivity index (χ0v) is 16.8. The number of fused-ring (bicyclic) bond motifs is 6. The van der Waals surface area contributed by atoms with E-state index in [1.54, 1.807) is 4.68 Å². The summed E-state index contributed by atoms with van der Waals surface area (Å²) in [6.45, 7) is 0. The Morgan fingerprint density at radius 1 is 1.07 bits per heavy atom. The van der Waals surface area contributed by atoms with Crippen molar-refractivity contribution < 1.29 is 14.7 Å². The van der Waals surface area contributed by atoms with E-state index in [4.69, 9.17) is 10.1 Å². The van der Waals surface area contributed by atoms with Gasteiger partial charge in [0, 0.05) is 23.8 Å². The van der Waals surface area contributed by atoms with Crippen molar-refractivity contribution in [2.24, 2.45) is 17.8 Å². The van der Waals surface area contributed by atoms with Gasteiger partial charge in [-0.15, -0.1) is 0 Å². The lowest BCUT2D eigenvalue weighted by molar-refractivity contribution is -0.148. The fraction of sp³-hybridized carbons (Fsp3) is 0.565. The SMILES string of the molecule is O=C1CCC2(C(=O)O)N1c1ccccc1-c1nc(C34CC5CC(CC(C5)C3)C4)nn12. The van der Waals surface area contributed by atoms with Gasteiger partial charge in [-0.25, -0.2) is 14.5 Å². The smallest absolute Gasteiger partial charge is 0.353 e. The first-order chi connectivity index (χ1) is 14.5. The van der Waals surface area contributed by atoms with Crippen molar-refractivity contribution in [3.8, 4) is 11.4 Å². The number of rotatable bonds is 2. The number of carboxylic acids is 1. The number of hydrogen-bond donors (Lipinski definition) is 1. The maximum Gasteiger partial charge on any atom is 0.353 e. The van der Waals surface area contributed by atoms with Gasteiger partial charge in [0.1, 0.15) is 0 Å². The molecule has 6 aliphatic rings. The van der Waals surface area contributed by atoms with Gasteiger partial charge in [0.05, 0.1) is 5.69 Å². The third-order valence-corrected chi connectivity index (χ3v) is 8.51. The molecule has 1 amide bonds. The number of carbonyl (C=O) groups excluding carboxylic acids is 1. The average Bonchev–Trinajstić information content (AvgIpc) is 3.31. The minimum absolute atomic E-state index is 0.0266. The van der Waals surface area contributed by atoms with Gasteiger partial charge in [0.15, 0.2) is 11.6 Å². The maximum absolute atomic E-state index is 12.8. The third-order valence-electron chi connectivity index (χ3n) is 8.51. The fourth-order valence-electron chi connectivity index (χ4n) is 7.75. The highest BCUT2D eigenvalue weighted by molar-refractivity contribution is 6.07. The van der Waals surface area contributed by atoms with Crippen molar-refractivity contribution in [2.75, 3.05) is 4.90 Å². The molecule has 0 spiro atoms. The van der Waals surface area contributed by atoms with Gasteiger partial charge in [0.2, 0.25) is 11.6 Å². The summed E-state index contributed by atoms with van der Waals surface area (Å²) in [4.78, 5) is 32.0. The average molecular weight is 404 g/mol. The number of nitrogens with zero attached hydrogens (tertiary/aromatic N) is 4. The Kier molecular flexibility index (Phi) is 3.01. The van der Waals surface area contributed by atoms with Gasteiger partial charge in [-0.3, -0.25) is 9.69 Å². The lowest BCUT2D eigenvalue weighted by atomic mass is 9.49. The first kappa shape index (κ1) is 17.0. The predicted molar refractivity (Wildman–Crippen MR) is 108 cm³/mol. The number of aromatic nitrogens is 3. The van der Waals surface area contributed by atoms with Crippen LogP contribution in [0.3, 0.4) is 0 Å². The van der Waals surface area contributed by atoms with E-state index in [9.17, 15) is 14.7 Å². The van der Waals surface area contributed by atoms with Gasteiger partial charge in [0.25, 0.3) is 0 Å². The molecule has 1 aromatic heterocycles. The highest BCUT2D eigenvalue weighted by atomic mass is 16.4. The molecular formula is C23H24N4O3. The van der Waals surface area contributed by atoms with E-state index in [-0.39, 0.29) is 24.2 Å². The molecule has 0 radical (unpaired) electrons. The normalized spacial score (nSPS) is 37.8. The van der Waals surface area contributed by atoms with Crippen LogP contribution in [0.25, 0.3) is 11.4 Å². The molecule has 1 aromatic carbocycles. The highest BCUT2D eigenvalue weighted by Crippen LogP contribution is 2.60. The van der Waals surface area contributed by atoms with E-state index in [2.05, 4.69) is 0 Å². The van der Waals surface area contributed by atoms with Crippen LogP contribution in [0.2, 0.25) is 0 Å². The number of anilines is 1. The third kappa shape index (κ3) is 1.87. The number of aliphatic carboxylic acids is 1. The monoisotopic (exact) mass is 404 g/mol. The quantitative estimate of drug-likeness (QED) is 0.830. The second kappa shape index (κ2) is 5.31. The summed E-state index contributed by atoms with van der Waals surface area (Å²) in [6.07, 6.45) is 7.76. The fourth-order valence-corrected chi connectivity index (χ4v) is 7.75. The molecule has 2 aliphatic heterocycles. The molecule has 1 atom stereocenters. The van der Waals surface area contributed by atoms with Crippen molar-refractivity contribution in [2.45, 2.75) is 62.4 Å². The molecule has 7 heteroatoms. The van der Waals surface area contributed by atoms with E-state index < -0.39 is 11.6 Å². The Balaban J connectivity index is 1.46. The summed E-state index contributed by atoms with van der Waals surface area (Å²) in [5, 5.41) is 15.3. The summed E-state index contributed by atoms with van der Waals surface area (Å²) < 4.78 is 1.58. The Morgan fingerprint density at radius 3 is 2.40 bits per heavy atom. The molecule has 1 saturated heterocycles. The summed E-state index contributed by atoms with van der Waals surface area (Å²) >= 11 is 0. The molecule has 4 aliphatic carbocycles. The second-order valence-corrected chi connectivity index (χ2v) is 10.2. The number of carbonyl (C=O) groups is 2. The zero-order valence-electron chi connectivity index (χ0n) is 16.8. The molecule has 7 nitrogen and oxygen atoms in total. The summed E-state index contributed by atoms with van der Waals surface area (Å²) in [7, 11) is 0. The van der Waals surface area contributed by atoms with E-state index in [1.807, 2.05) is 24.3 Å². The summed E-state index contributed by atoms with van der Waals surface area (Å²) in [6, 6.07) is 7.52. The Morgan fingerprint density at radius 2 is 1.73 bits per heavy atom. The van der Waals surface area contributed by atoms with Crippen molar-refractivity contribution in [3.05, 3.63) is 30.1 Å². The molecule has 2 aromatic rings. The number of benzene rings is 1.